The van der Waals surface area contributed by atoms with Crippen molar-refractivity contribution in [2.75, 3.05) is 5.32 Å². The second kappa shape index (κ2) is 10.4. The fourth-order valence-electron chi connectivity index (χ4n) is 1.95. The summed E-state index contributed by atoms with van der Waals surface area (Å²) in [6.45, 7) is 5.72. The minimum Gasteiger partial charge on any atom is -0.326 e. The van der Waals surface area contributed by atoms with Crippen LogP contribution in [0.2, 0.25) is 0 Å². The number of hydrogen-bond acceptors (Lipinski definition) is 4. The van der Waals surface area contributed by atoms with Gasteiger partial charge < -0.3 is 10.6 Å². The van der Waals surface area contributed by atoms with Gasteiger partial charge in [-0.2, -0.15) is 0 Å². The third kappa shape index (κ3) is 8.25. The van der Waals surface area contributed by atoms with Crippen LogP contribution < -0.4 is 21.5 Å². The zero-order valence-electron chi connectivity index (χ0n) is 14.7. The van der Waals surface area contributed by atoms with E-state index in [1.54, 1.807) is 0 Å². The molecule has 0 fully saturated rings. The zero-order chi connectivity index (χ0) is 18.8. The number of thiocarbonyl (C=S) groups is 1. The Morgan fingerprint density at radius 3 is 2.32 bits per heavy atom. The molecule has 1 rings (SSSR count). The third-order valence-corrected chi connectivity index (χ3v) is 3.50. The van der Waals surface area contributed by atoms with Crippen molar-refractivity contribution < 1.29 is 14.4 Å². The van der Waals surface area contributed by atoms with Gasteiger partial charge in [-0.1, -0.05) is 19.1 Å². The van der Waals surface area contributed by atoms with Gasteiger partial charge in [-0.15, -0.1) is 0 Å². The van der Waals surface area contributed by atoms with Crippen molar-refractivity contribution in [1.29, 1.82) is 0 Å². The maximum atomic E-state index is 11.9. The molecule has 0 saturated heterocycles. The molecule has 8 heteroatoms. The van der Waals surface area contributed by atoms with Gasteiger partial charge in [0.2, 0.25) is 17.7 Å². The number of amides is 3. The highest BCUT2D eigenvalue weighted by molar-refractivity contribution is 7.80. The van der Waals surface area contributed by atoms with Crippen molar-refractivity contribution in [3.05, 3.63) is 29.3 Å². The van der Waals surface area contributed by atoms with Crippen LogP contribution in [0.15, 0.2) is 18.2 Å². The average Bonchev–Trinajstić information content (AvgIpc) is 2.54. The number of carbonyl (C=O) groups excluding carboxylic acids is 3. The average molecular weight is 364 g/mol. The molecule has 7 nitrogen and oxygen atoms in total. The monoisotopic (exact) mass is 364 g/mol. The van der Waals surface area contributed by atoms with Crippen molar-refractivity contribution in [1.82, 2.24) is 16.2 Å². The summed E-state index contributed by atoms with van der Waals surface area (Å²) in [6.07, 6.45) is 1.09. The highest BCUT2D eigenvalue weighted by Crippen LogP contribution is 2.16. The lowest BCUT2D eigenvalue weighted by atomic mass is 10.1. The normalized spacial score (nSPS) is 9.88. The van der Waals surface area contributed by atoms with E-state index in [0.29, 0.717) is 12.8 Å². The highest BCUT2D eigenvalue weighted by Gasteiger charge is 2.09. The number of hydrogen-bond donors (Lipinski definition) is 4. The molecule has 0 aromatic heterocycles. The number of aryl methyl sites for hydroxylation is 2. The summed E-state index contributed by atoms with van der Waals surface area (Å²) in [5.74, 6) is -0.868. The van der Waals surface area contributed by atoms with Crippen molar-refractivity contribution in [2.45, 2.75) is 46.5 Å². The molecule has 0 unspecified atom stereocenters. The van der Waals surface area contributed by atoms with Gasteiger partial charge in [0.15, 0.2) is 5.11 Å². The fourth-order valence-corrected chi connectivity index (χ4v) is 2.11. The quantitative estimate of drug-likeness (QED) is 0.456. The molecular formula is C17H24N4O3S. The number of nitrogens with one attached hydrogen (secondary N) is 4. The number of carbonyl (C=O) groups is 3. The lowest BCUT2D eigenvalue weighted by Gasteiger charge is -2.11. The van der Waals surface area contributed by atoms with E-state index in [4.69, 9.17) is 12.2 Å². The van der Waals surface area contributed by atoms with E-state index in [9.17, 15) is 14.4 Å². The maximum absolute atomic E-state index is 11.9. The van der Waals surface area contributed by atoms with Crippen molar-refractivity contribution in [3.8, 4) is 0 Å². The largest absolute Gasteiger partial charge is 0.326 e. The second-order valence-corrected chi connectivity index (χ2v) is 6.08. The van der Waals surface area contributed by atoms with E-state index in [1.807, 2.05) is 39.0 Å². The summed E-state index contributed by atoms with van der Waals surface area (Å²) in [4.78, 5) is 35.0. The Kier molecular flexibility index (Phi) is 8.55. The van der Waals surface area contributed by atoms with Crippen LogP contribution in [-0.4, -0.2) is 22.8 Å². The van der Waals surface area contributed by atoms with E-state index < -0.39 is 5.91 Å². The van der Waals surface area contributed by atoms with Gasteiger partial charge in [-0.05, 0) is 49.7 Å². The van der Waals surface area contributed by atoms with Crippen LogP contribution in [0, 0.1) is 13.8 Å². The molecule has 0 atom stereocenters. The second-order valence-electron chi connectivity index (χ2n) is 5.67. The van der Waals surface area contributed by atoms with Crippen molar-refractivity contribution in [2.24, 2.45) is 0 Å². The summed E-state index contributed by atoms with van der Waals surface area (Å²) in [5, 5.41) is 5.24. The maximum Gasteiger partial charge on any atom is 0.238 e. The summed E-state index contributed by atoms with van der Waals surface area (Å²) < 4.78 is 0. The minimum atomic E-state index is -0.400. The Morgan fingerprint density at radius 1 is 0.960 bits per heavy atom. The number of rotatable bonds is 6. The molecule has 0 aliphatic heterocycles. The molecule has 0 spiro atoms. The van der Waals surface area contributed by atoms with E-state index in [0.717, 1.165) is 16.8 Å². The highest BCUT2D eigenvalue weighted by atomic mass is 32.1. The smallest absolute Gasteiger partial charge is 0.238 e. The molecule has 3 amide bonds. The van der Waals surface area contributed by atoms with Gasteiger partial charge in [0.25, 0.3) is 0 Å². The first-order valence-electron chi connectivity index (χ1n) is 8.07. The van der Waals surface area contributed by atoms with E-state index in [1.165, 1.54) is 0 Å². The van der Waals surface area contributed by atoms with Crippen LogP contribution in [-0.2, 0) is 14.4 Å². The predicted molar refractivity (Wildman–Crippen MR) is 101 cm³/mol. The lowest BCUT2D eigenvalue weighted by Crippen LogP contribution is -2.48. The van der Waals surface area contributed by atoms with Crippen LogP contribution in [0.3, 0.4) is 0 Å². The molecule has 136 valence electrons. The molecule has 0 aliphatic rings. The van der Waals surface area contributed by atoms with Crippen LogP contribution in [0.5, 0.6) is 0 Å². The van der Waals surface area contributed by atoms with Gasteiger partial charge in [0.1, 0.15) is 0 Å². The number of anilines is 1. The Bertz CT molecular complexity index is 661. The predicted octanol–water partition coefficient (Wildman–Crippen LogP) is 1.84. The molecule has 0 saturated carbocycles. The SMILES string of the molecule is CCCC(=O)NC(=S)NNC(=O)CCC(=O)Nc1cc(C)ccc1C. The van der Waals surface area contributed by atoms with Crippen molar-refractivity contribution >= 4 is 40.7 Å². The zero-order valence-corrected chi connectivity index (χ0v) is 15.5. The van der Waals surface area contributed by atoms with E-state index in [-0.39, 0.29) is 29.8 Å². The fraction of sp³-hybridized carbons (Fsp3) is 0.412. The molecule has 1 aromatic carbocycles. The number of benzene rings is 1. The molecule has 0 aliphatic carbocycles. The Labute approximate surface area is 152 Å². The Balaban J connectivity index is 2.31. The number of hydrazine groups is 1. The van der Waals surface area contributed by atoms with E-state index in [2.05, 4.69) is 21.5 Å². The molecular weight excluding hydrogens is 340 g/mol. The van der Waals surface area contributed by atoms with Crippen LogP contribution in [0.4, 0.5) is 5.69 Å². The molecule has 4 N–H and O–H groups in total. The summed E-state index contributed by atoms with van der Waals surface area (Å²) in [7, 11) is 0. The van der Waals surface area contributed by atoms with Crippen LogP contribution in [0.25, 0.3) is 0 Å². The van der Waals surface area contributed by atoms with Gasteiger partial charge in [-0.3, -0.25) is 25.2 Å². The Hall–Kier alpha value is -2.48. The molecule has 1 aromatic rings. The van der Waals surface area contributed by atoms with Gasteiger partial charge in [0, 0.05) is 24.9 Å². The minimum absolute atomic E-state index is 0.00475. The molecule has 0 heterocycles. The first-order valence-corrected chi connectivity index (χ1v) is 8.48. The van der Waals surface area contributed by atoms with Crippen LogP contribution in [0.1, 0.15) is 43.7 Å². The summed E-state index contributed by atoms with van der Waals surface area (Å²) in [6, 6.07) is 5.77. The Morgan fingerprint density at radius 2 is 1.64 bits per heavy atom. The van der Waals surface area contributed by atoms with Gasteiger partial charge >= 0.3 is 0 Å². The lowest BCUT2D eigenvalue weighted by molar-refractivity contribution is -0.124. The molecule has 0 bridgehead atoms. The molecule has 0 radical (unpaired) electrons. The topological polar surface area (TPSA) is 99.3 Å². The molecule has 25 heavy (non-hydrogen) atoms. The first kappa shape index (κ1) is 20.6. The standard InChI is InChI=1S/C17H24N4O3S/c1-4-5-14(22)19-17(25)21-20-16(24)9-8-15(23)18-13-10-11(2)6-7-12(13)3/h6-7,10H,4-5,8-9H2,1-3H3,(H,18,23)(H,20,24)(H2,19,21,22,25). The van der Waals surface area contributed by atoms with Crippen LogP contribution >= 0.6 is 12.2 Å². The van der Waals surface area contributed by atoms with Gasteiger partial charge in [0.05, 0.1) is 0 Å². The summed E-state index contributed by atoms with van der Waals surface area (Å²) in [5.41, 5.74) is 7.51. The van der Waals surface area contributed by atoms with Crippen molar-refractivity contribution in [3.63, 3.8) is 0 Å². The third-order valence-electron chi connectivity index (χ3n) is 3.29. The van der Waals surface area contributed by atoms with E-state index >= 15 is 0 Å². The van der Waals surface area contributed by atoms with Gasteiger partial charge in [-0.25, -0.2) is 0 Å². The summed E-state index contributed by atoms with van der Waals surface area (Å²) >= 11 is 4.87. The first-order chi connectivity index (χ1) is 11.8.